The summed E-state index contributed by atoms with van der Waals surface area (Å²) >= 11 is 0. The second kappa shape index (κ2) is 8.46. The third kappa shape index (κ3) is 4.59. The standard InChI is InChI=1S/C19H24O2/c1-2-3-4-5-6-7-13-21-19-10-8-9-17-12-11-16(15-20)14-18(17)19/h8-12,14-15H,2-7,13H2,1H3. The molecule has 0 saturated heterocycles. The third-order valence-electron chi connectivity index (χ3n) is 3.76. The van der Waals surface area contributed by atoms with Gasteiger partial charge < -0.3 is 4.74 Å². The molecule has 0 spiro atoms. The molecule has 2 aromatic carbocycles. The zero-order chi connectivity index (χ0) is 14.9. The van der Waals surface area contributed by atoms with Gasteiger partial charge in [0.1, 0.15) is 12.0 Å². The van der Waals surface area contributed by atoms with E-state index in [1.165, 1.54) is 32.1 Å². The molecular formula is C19H24O2. The SMILES string of the molecule is CCCCCCCCOc1cccc2ccc(C=O)cc12. The van der Waals surface area contributed by atoms with E-state index in [-0.39, 0.29) is 0 Å². The quantitative estimate of drug-likeness (QED) is 0.455. The van der Waals surface area contributed by atoms with Crippen LogP contribution < -0.4 is 4.74 Å². The van der Waals surface area contributed by atoms with Gasteiger partial charge in [0.25, 0.3) is 0 Å². The molecular weight excluding hydrogens is 260 g/mol. The first-order chi connectivity index (χ1) is 10.3. The molecule has 0 N–H and O–H groups in total. The van der Waals surface area contributed by atoms with Gasteiger partial charge in [0.05, 0.1) is 6.61 Å². The van der Waals surface area contributed by atoms with Crippen molar-refractivity contribution in [1.82, 2.24) is 0 Å². The summed E-state index contributed by atoms with van der Waals surface area (Å²) in [7, 11) is 0. The number of hydrogen-bond acceptors (Lipinski definition) is 2. The average Bonchev–Trinajstić information content (AvgIpc) is 2.53. The highest BCUT2D eigenvalue weighted by Gasteiger charge is 2.03. The summed E-state index contributed by atoms with van der Waals surface area (Å²) in [5, 5.41) is 2.13. The molecule has 0 saturated carbocycles. The number of rotatable bonds is 9. The topological polar surface area (TPSA) is 26.3 Å². The third-order valence-corrected chi connectivity index (χ3v) is 3.76. The predicted molar refractivity (Wildman–Crippen MR) is 88.2 cm³/mol. The van der Waals surface area contributed by atoms with Crippen LogP contribution in [0.15, 0.2) is 36.4 Å². The molecule has 2 aromatic rings. The van der Waals surface area contributed by atoms with Crippen molar-refractivity contribution in [3.8, 4) is 5.75 Å². The molecule has 0 aliphatic rings. The molecule has 0 aromatic heterocycles. The minimum absolute atomic E-state index is 0.693. The lowest BCUT2D eigenvalue weighted by Gasteiger charge is -2.09. The van der Waals surface area contributed by atoms with Gasteiger partial charge >= 0.3 is 0 Å². The van der Waals surface area contributed by atoms with Crippen molar-refractivity contribution >= 4 is 17.1 Å². The molecule has 2 heteroatoms. The van der Waals surface area contributed by atoms with E-state index in [2.05, 4.69) is 6.92 Å². The van der Waals surface area contributed by atoms with Gasteiger partial charge in [0.15, 0.2) is 0 Å². The fraction of sp³-hybridized carbons (Fsp3) is 0.421. The van der Waals surface area contributed by atoms with Crippen LogP contribution in [0.2, 0.25) is 0 Å². The highest BCUT2D eigenvalue weighted by molar-refractivity contribution is 5.92. The van der Waals surface area contributed by atoms with Crippen molar-refractivity contribution in [2.45, 2.75) is 45.4 Å². The van der Waals surface area contributed by atoms with Crippen LogP contribution in [0.3, 0.4) is 0 Å². The Labute approximate surface area is 127 Å². The summed E-state index contributed by atoms with van der Waals surface area (Å²) in [5.41, 5.74) is 0.693. The maximum absolute atomic E-state index is 10.9. The highest BCUT2D eigenvalue weighted by atomic mass is 16.5. The van der Waals surface area contributed by atoms with E-state index >= 15 is 0 Å². The van der Waals surface area contributed by atoms with Gasteiger partial charge in [-0.05, 0) is 23.9 Å². The molecule has 0 amide bonds. The number of benzene rings is 2. The minimum atomic E-state index is 0.693. The Hall–Kier alpha value is -1.83. The van der Waals surface area contributed by atoms with Gasteiger partial charge in [-0.2, -0.15) is 0 Å². The molecule has 0 fully saturated rings. The van der Waals surface area contributed by atoms with Crippen LogP contribution in [0, 0.1) is 0 Å². The number of hydrogen-bond donors (Lipinski definition) is 0. The van der Waals surface area contributed by atoms with Crippen molar-refractivity contribution in [2.75, 3.05) is 6.61 Å². The largest absolute Gasteiger partial charge is 0.493 e. The van der Waals surface area contributed by atoms with Crippen LogP contribution in [0.25, 0.3) is 10.8 Å². The first-order valence-corrected chi connectivity index (χ1v) is 7.96. The van der Waals surface area contributed by atoms with Crippen molar-refractivity contribution in [3.05, 3.63) is 42.0 Å². The first kappa shape index (κ1) is 15.6. The number of ether oxygens (including phenoxy) is 1. The van der Waals surface area contributed by atoms with Crippen LogP contribution in [-0.4, -0.2) is 12.9 Å². The van der Waals surface area contributed by atoms with E-state index in [1.54, 1.807) is 0 Å². The summed E-state index contributed by atoms with van der Waals surface area (Å²) in [6, 6.07) is 11.7. The number of carbonyl (C=O) groups is 1. The molecule has 0 aliphatic carbocycles. The minimum Gasteiger partial charge on any atom is -0.493 e. The zero-order valence-electron chi connectivity index (χ0n) is 12.8. The second-order valence-corrected chi connectivity index (χ2v) is 5.47. The normalized spacial score (nSPS) is 10.7. The van der Waals surface area contributed by atoms with E-state index in [0.29, 0.717) is 5.56 Å². The van der Waals surface area contributed by atoms with E-state index in [0.717, 1.165) is 35.8 Å². The fourth-order valence-electron chi connectivity index (χ4n) is 2.53. The first-order valence-electron chi connectivity index (χ1n) is 7.96. The Morgan fingerprint density at radius 3 is 2.62 bits per heavy atom. The van der Waals surface area contributed by atoms with Crippen LogP contribution in [0.4, 0.5) is 0 Å². The van der Waals surface area contributed by atoms with Gasteiger partial charge in [-0.15, -0.1) is 0 Å². The van der Waals surface area contributed by atoms with E-state index in [1.807, 2.05) is 36.4 Å². The summed E-state index contributed by atoms with van der Waals surface area (Å²) < 4.78 is 5.91. The lowest BCUT2D eigenvalue weighted by Crippen LogP contribution is -1.98. The number of carbonyl (C=O) groups excluding carboxylic acids is 1. The zero-order valence-corrected chi connectivity index (χ0v) is 12.8. The smallest absolute Gasteiger partial charge is 0.150 e. The lowest BCUT2D eigenvalue weighted by molar-refractivity contribution is 0.112. The Balaban J connectivity index is 1.91. The highest BCUT2D eigenvalue weighted by Crippen LogP contribution is 2.26. The molecule has 2 rings (SSSR count). The Bertz CT molecular complexity index is 575. The molecule has 0 atom stereocenters. The number of aldehydes is 1. The Morgan fingerprint density at radius 1 is 1.00 bits per heavy atom. The van der Waals surface area contributed by atoms with Gasteiger partial charge in [-0.1, -0.05) is 63.3 Å². The van der Waals surface area contributed by atoms with E-state index in [9.17, 15) is 4.79 Å². The van der Waals surface area contributed by atoms with Gasteiger partial charge in [-0.3, -0.25) is 4.79 Å². The maximum Gasteiger partial charge on any atom is 0.150 e. The monoisotopic (exact) mass is 284 g/mol. The molecule has 0 radical (unpaired) electrons. The van der Waals surface area contributed by atoms with E-state index < -0.39 is 0 Å². The van der Waals surface area contributed by atoms with E-state index in [4.69, 9.17) is 4.74 Å². The molecule has 2 nitrogen and oxygen atoms in total. The van der Waals surface area contributed by atoms with Crippen molar-refractivity contribution in [3.63, 3.8) is 0 Å². The molecule has 0 bridgehead atoms. The summed E-state index contributed by atoms with van der Waals surface area (Å²) in [4.78, 5) is 10.9. The van der Waals surface area contributed by atoms with Crippen LogP contribution >= 0.6 is 0 Å². The summed E-state index contributed by atoms with van der Waals surface area (Å²) in [6.07, 6.45) is 8.43. The number of unbranched alkanes of at least 4 members (excludes halogenated alkanes) is 5. The van der Waals surface area contributed by atoms with Crippen molar-refractivity contribution in [1.29, 1.82) is 0 Å². The Kier molecular flexibility index (Phi) is 6.26. The molecule has 0 unspecified atom stereocenters. The van der Waals surface area contributed by atoms with Gasteiger partial charge in [0, 0.05) is 10.9 Å². The average molecular weight is 284 g/mol. The predicted octanol–water partition coefficient (Wildman–Crippen LogP) is 5.39. The fourth-order valence-corrected chi connectivity index (χ4v) is 2.53. The second-order valence-electron chi connectivity index (χ2n) is 5.47. The molecule has 0 heterocycles. The summed E-state index contributed by atoms with van der Waals surface area (Å²) in [5.74, 6) is 0.879. The van der Waals surface area contributed by atoms with Crippen LogP contribution in [0.1, 0.15) is 55.8 Å². The van der Waals surface area contributed by atoms with Crippen LogP contribution in [-0.2, 0) is 0 Å². The summed E-state index contributed by atoms with van der Waals surface area (Å²) in [6.45, 7) is 2.98. The maximum atomic E-state index is 10.9. The van der Waals surface area contributed by atoms with Crippen molar-refractivity contribution < 1.29 is 9.53 Å². The lowest BCUT2D eigenvalue weighted by atomic mass is 10.1. The van der Waals surface area contributed by atoms with Crippen molar-refractivity contribution in [2.24, 2.45) is 0 Å². The van der Waals surface area contributed by atoms with Gasteiger partial charge in [-0.25, -0.2) is 0 Å². The number of fused-ring (bicyclic) bond motifs is 1. The van der Waals surface area contributed by atoms with Gasteiger partial charge in [0.2, 0.25) is 0 Å². The molecule has 21 heavy (non-hydrogen) atoms. The van der Waals surface area contributed by atoms with Crippen LogP contribution in [0.5, 0.6) is 5.75 Å². The molecule has 0 aliphatic heterocycles. The Morgan fingerprint density at radius 2 is 1.81 bits per heavy atom. The molecule has 112 valence electrons.